The van der Waals surface area contributed by atoms with E-state index in [1.807, 2.05) is 0 Å². The second-order valence-electron chi connectivity index (χ2n) is 7.80. The highest BCUT2D eigenvalue weighted by molar-refractivity contribution is 6.10. The van der Waals surface area contributed by atoms with Crippen LogP contribution in [0.4, 0.5) is 0 Å². The molecule has 1 aromatic heterocycles. The molecule has 0 saturated carbocycles. The Morgan fingerprint density at radius 3 is 1.52 bits per heavy atom. The normalized spacial score (nSPS) is 11.2. The van der Waals surface area contributed by atoms with Crippen LogP contribution < -0.4 is 0 Å². The molecule has 1 heteroatoms. The summed E-state index contributed by atoms with van der Waals surface area (Å²) in [4.78, 5) is 0. The van der Waals surface area contributed by atoms with Gasteiger partial charge >= 0.3 is 0 Å². The number of fused-ring (bicyclic) bond motifs is 3. The summed E-state index contributed by atoms with van der Waals surface area (Å²) in [5.41, 5.74) is 8.59. The van der Waals surface area contributed by atoms with Crippen LogP contribution in [0, 0.1) is 0 Å². The van der Waals surface area contributed by atoms with E-state index in [0.717, 1.165) is 0 Å². The molecular formula is C30H21N. The van der Waals surface area contributed by atoms with Gasteiger partial charge in [-0.2, -0.15) is 0 Å². The Morgan fingerprint density at radius 2 is 0.903 bits per heavy atom. The van der Waals surface area contributed by atoms with E-state index in [1.54, 1.807) is 0 Å². The molecule has 5 aromatic carbocycles. The van der Waals surface area contributed by atoms with Gasteiger partial charge < -0.3 is 4.57 Å². The lowest BCUT2D eigenvalue weighted by atomic mass is 9.93. The fraction of sp³-hybridized carbons (Fsp3) is 0. The first kappa shape index (κ1) is 17.7. The molecule has 0 unspecified atom stereocenters. The molecule has 0 saturated heterocycles. The molecular weight excluding hydrogens is 374 g/mol. The van der Waals surface area contributed by atoms with Crippen molar-refractivity contribution < 1.29 is 0 Å². The first-order chi connectivity index (χ1) is 15.4. The van der Waals surface area contributed by atoms with E-state index < -0.39 is 0 Å². The zero-order valence-electron chi connectivity index (χ0n) is 17.1. The molecule has 0 aliphatic rings. The number of benzene rings is 5. The summed E-state index contributed by atoms with van der Waals surface area (Å²) in [5, 5.41) is 2.56. The average Bonchev–Trinajstić information content (AvgIpc) is 3.19. The molecule has 0 aliphatic heterocycles. The smallest absolute Gasteiger partial charge is 0.0546 e. The predicted octanol–water partition coefficient (Wildman–Crippen LogP) is 8.12. The van der Waals surface area contributed by atoms with Crippen LogP contribution in [0.1, 0.15) is 0 Å². The van der Waals surface area contributed by atoms with E-state index in [0.29, 0.717) is 0 Å². The van der Waals surface area contributed by atoms with Gasteiger partial charge in [0.25, 0.3) is 0 Å². The van der Waals surface area contributed by atoms with Gasteiger partial charge in [-0.3, -0.25) is 0 Å². The number of nitrogens with zero attached hydrogens (tertiary/aromatic N) is 1. The summed E-state index contributed by atoms with van der Waals surface area (Å²) in [6.45, 7) is 0. The Labute approximate surface area is 181 Å². The Bertz CT molecular complexity index is 1460. The minimum absolute atomic E-state index is 1.20. The Kier molecular flexibility index (Phi) is 4.18. The zero-order valence-corrected chi connectivity index (χ0v) is 17.1. The van der Waals surface area contributed by atoms with Crippen LogP contribution in [0.5, 0.6) is 0 Å². The summed E-state index contributed by atoms with van der Waals surface area (Å²) < 4.78 is 2.42. The highest BCUT2D eigenvalue weighted by Crippen LogP contribution is 2.40. The Hall–Kier alpha value is -4.10. The minimum Gasteiger partial charge on any atom is -0.309 e. The standard InChI is InChI=1S/C30H21N/c1-3-12-22(13-4-1)24-18-11-21-29(30(24)23-14-5-2-6-15-23)31-27-19-9-7-16-25(27)26-17-8-10-20-28(26)31/h1-21H. The van der Waals surface area contributed by atoms with Crippen molar-refractivity contribution in [2.75, 3.05) is 0 Å². The molecule has 31 heavy (non-hydrogen) atoms. The molecule has 0 radical (unpaired) electrons. The van der Waals surface area contributed by atoms with Crippen LogP contribution in [0.25, 0.3) is 49.7 Å². The first-order valence-corrected chi connectivity index (χ1v) is 10.6. The van der Waals surface area contributed by atoms with Crippen molar-refractivity contribution in [1.82, 2.24) is 4.57 Å². The van der Waals surface area contributed by atoms with Crippen molar-refractivity contribution in [3.8, 4) is 27.9 Å². The maximum Gasteiger partial charge on any atom is 0.0546 e. The van der Waals surface area contributed by atoms with Gasteiger partial charge in [-0.05, 0) is 34.9 Å². The SMILES string of the molecule is c1ccc(-c2cccc(-n3c4ccccc4c4ccccc43)c2-c2ccccc2)cc1. The molecule has 0 bridgehead atoms. The molecule has 0 aliphatic carbocycles. The van der Waals surface area contributed by atoms with Crippen molar-refractivity contribution in [3.05, 3.63) is 127 Å². The van der Waals surface area contributed by atoms with Crippen LogP contribution in [-0.4, -0.2) is 4.57 Å². The second kappa shape index (κ2) is 7.30. The van der Waals surface area contributed by atoms with Crippen molar-refractivity contribution >= 4 is 21.8 Å². The van der Waals surface area contributed by atoms with Gasteiger partial charge in [-0.1, -0.05) is 109 Å². The van der Waals surface area contributed by atoms with E-state index in [-0.39, 0.29) is 0 Å². The Morgan fingerprint density at radius 1 is 0.387 bits per heavy atom. The quantitative estimate of drug-likeness (QED) is 0.285. The second-order valence-corrected chi connectivity index (χ2v) is 7.80. The monoisotopic (exact) mass is 395 g/mol. The fourth-order valence-corrected chi connectivity index (χ4v) is 4.68. The summed E-state index contributed by atoms with van der Waals surface area (Å²) in [6, 6.07) is 45.4. The number of rotatable bonds is 3. The van der Waals surface area contributed by atoms with Crippen molar-refractivity contribution in [1.29, 1.82) is 0 Å². The number of hydrogen-bond acceptors (Lipinski definition) is 0. The Balaban J connectivity index is 1.77. The molecule has 6 aromatic rings. The van der Waals surface area contributed by atoms with E-state index in [2.05, 4.69) is 132 Å². The van der Waals surface area contributed by atoms with Crippen LogP contribution in [0.3, 0.4) is 0 Å². The number of para-hydroxylation sites is 2. The van der Waals surface area contributed by atoms with Gasteiger partial charge in [-0.25, -0.2) is 0 Å². The van der Waals surface area contributed by atoms with Crippen molar-refractivity contribution in [2.45, 2.75) is 0 Å². The van der Waals surface area contributed by atoms with Crippen molar-refractivity contribution in [2.24, 2.45) is 0 Å². The average molecular weight is 396 g/mol. The number of hydrogen-bond donors (Lipinski definition) is 0. The minimum atomic E-state index is 1.20. The van der Waals surface area contributed by atoms with Gasteiger partial charge in [0.2, 0.25) is 0 Å². The van der Waals surface area contributed by atoms with E-state index >= 15 is 0 Å². The van der Waals surface area contributed by atoms with Crippen LogP contribution in [0.15, 0.2) is 127 Å². The van der Waals surface area contributed by atoms with Crippen LogP contribution in [0.2, 0.25) is 0 Å². The highest BCUT2D eigenvalue weighted by atomic mass is 15.0. The molecule has 6 rings (SSSR count). The summed E-state index contributed by atoms with van der Waals surface area (Å²) in [7, 11) is 0. The van der Waals surface area contributed by atoms with E-state index in [1.165, 1.54) is 49.7 Å². The number of aromatic nitrogens is 1. The van der Waals surface area contributed by atoms with Gasteiger partial charge in [0.05, 0.1) is 16.7 Å². The van der Waals surface area contributed by atoms with Gasteiger partial charge in [0, 0.05) is 16.3 Å². The summed E-state index contributed by atoms with van der Waals surface area (Å²) in [6.07, 6.45) is 0. The molecule has 0 atom stereocenters. The van der Waals surface area contributed by atoms with Crippen LogP contribution in [-0.2, 0) is 0 Å². The lowest BCUT2D eigenvalue weighted by molar-refractivity contribution is 1.18. The highest BCUT2D eigenvalue weighted by Gasteiger charge is 2.18. The van der Waals surface area contributed by atoms with E-state index in [4.69, 9.17) is 0 Å². The van der Waals surface area contributed by atoms with Crippen LogP contribution >= 0.6 is 0 Å². The van der Waals surface area contributed by atoms with Gasteiger partial charge in [-0.15, -0.1) is 0 Å². The van der Waals surface area contributed by atoms with Gasteiger partial charge in [0.1, 0.15) is 0 Å². The molecule has 1 nitrogen and oxygen atoms in total. The molecule has 1 heterocycles. The predicted molar refractivity (Wildman–Crippen MR) is 132 cm³/mol. The van der Waals surface area contributed by atoms with Crippen molar-refractivity contribution in [3.63, 3.8) is 0 Å². The molecule has 0 spiro atoms. The maximum absolute atomic E-state index is 2.42. The third-order valence-electron chi connectivity index (χ3n) is 6.01. The van der Waals surface area contributed by atoms with Gasteiger partial charge in [0.15, 0.2) is 0 Å². The summed E-state index contributed by atoms with van der Waals surface area (Å²) >= 11 is 0. The maximum atomic E-state index is 2.42. The molecule has 0 N–H and O–H groups in total. The summed E-state index contributed by atoms with van der Waals surface area (Å²) in [5.74, 6) is 0. The topological polar surface area (TPSA) is 4.93 Å². The molecule has 146 valence electrons. The fourth-order valence-electron chi connectivity index (χ4n) is 4.68. The lowest BCUT2D eigenvalue weighted by Gasteiger charge is -2.18. The molecule has 0 fully saturated rings. The first-order valence-electron chi connectivity index (χ1n) is 10.6. The van der Waals surface area contributed by atoms with E-state index in [9.17, 15) is 0 Å². The third-order valence-corrected chi connectivity index (χ3v) is 6.01. The molecule has 0 amide bonds. The zero-order chi connectivity index (χ0) is 20.6. The largest absolute Gasteiger partial charge is 0.309 e. The lowest BCUT2D eigenvalue weighted by Crippen LogP contribution is -1.99. The third kappa shape index (κ3) is 2.86.